The number of rotatable bonds is 8. The minimum absolute atomic E-state index is 0.0525. The van der Waals surface area contributed by atoms with Crippen molar-refractivity contribution >= 4 is 29.4 Å². The third-order valence-corrected chi connectivity index (χ3v) is 7.29. The van der Waals surface area contributed by atoms with Gasteiger partial charge in [-0.15, -0.1) is 0 Å². The zero-order chi connectivity index (χ0) is 24.9. The van der Waals surface area contributed by atoms with Crippen LogP contribution in [-0.4, -0.2) is 63.6 Å². The zero-order valence-corrected chi connectivity index (χ0v) is 19.8. The number of ether oxygens (including phenoxy) is 1. The van der Waals surface area contributed by atoms with Crippen LogP contribution in [0.15, 0.2) is 18.2 Å². The molecule has 1 heterocycles. The minimum Gasteiger partial charge on any atom is -0.456 e. The van der Waals surface area contributed by atoms with E-state index >= 15 is 0 Å². The summed E-state index contributed by atoms with van der Waals surface area (Å²) in [5.74, 6) is -2.37. The van der Waals surface area contributed by atoms with Crippen molar-refractivity contribution in [2.24, 2.45) is 0 Å². The van der Waals surface area contributed by atoms with Gasteiger partial charge >= 0.3 is 5.97 Å². The van der Waals surface area contributed by atoms with Crippen LogP contribution >= 0.6 is 0 Å². The molecule has 0 saturated heterocycles. The van der Waals surface area contributed by atoms with Crippen molar-refractivity contribution in [1.82, 2.24) is 9.80 Å². The molecule has 0 bridgehead atoms. The number of nitro groups is 1. The molecule has 188 valence electrons. The zero-order valence-electron chi connectivity index (χ0n) is 19.8. The number of carbonyl (C=O) groups excluding carboxylic acids is 4. The van der Waals surface area contributed by atoms with Gasteiger partial charge in [0.15, 0.2) is 6.61 Å². The average Bonchev–Trinajstić information content (AvgIpc) is 3.12. The van der Waals surface area contributed by atoms with Crippen LogP contribution in [0.4, 0.5) is 5.69 Å². The molecule has 1 aromatic rings. The molecule has 10 nitrogen and oxygen atoms in total. The number of nitro benzene ring substituents is 1. The summed E-state index contributed by atoms with van der Waals surface area (Å²) < 4.78 is 5.25. The van der Waals surface area contributed by atoms with Gasteiger partial charge in [0.05, 0.1) is 16.9 Å². The molecular formula is C25H31N3O7. The van der Waals surface area contributed by atoms with Crippen LogP contribution in [0.25, 0.3) is 0 Å². The first-order valence-corrected chi connectivity index (χ1v) is 12.5. The number of fused-ring (bicyclic) bond motifs is 1. The summed E-state index contributed by atoms with van der Waals surface area (Å²) in [6.45, 7) is -0.634. The van der Waals surface area contributed by atoms with Gasteiger partial charge in [-0.05, 0) is 31.7 Å². The summed E-state index contributed by atoms with van der Waals surface area (Å²) in [5.41, 5.74) is -0.757. The normalized spacial score (nSPS) is 18.9. The van der Waals surface area contributed by atoms with Crippen LogP contribution < -0.4 is 0 Å². The van der Waals surface area contributed by atoms with E-state index in [1.807, 2.05) is 4.90 Å². The van der Waals surface area contributed by atoms with Gasteiger partial charge in [0.1, 0.15) is 5.56 Å². The lowest BCUT2D eigenvalue weighted by Crippen LogP contribution is -2.50. The lowest BCUT2D eigenvalue weighted by molar-refractivity contribution is -0.385. The number of hydrogen-bond donors (Lipinski definition) is 0. The largest absolute Gasteiger partial charge is 0.456 e. The summed E-state index contributed by atoms with van der Waals surface area (Å²) in [4.78, 5) is 64.0. The molecule has 10 heteroatoms. The molecule has 0 spiro atoms. The quantitative estimate of drug-likeness (QED) is 0.238. The number of imide groups is 1. The fourth-order valence-corrected chi connectivity index (χ4v) is 5.59. The number of esters is 1. The number of amides is 3. The smallest absolute Gasteiger partial charge is 0.308 e. The standard InChI is InChI=1S/C25H31N3O7/c29-21(27(17-8-3-1-4-9-17)18-10-5-2-6-11-18)16-35-22(30)14-15-26-24(31)19-12-7-13-20(28(33)34)23(19)25(26)32/h7,12-13,17-18H,1-6,8-11,14-16H2. The summed E-state index contributed by atoms with van der Waals surface area (Å²) in [5, 5.41) is 11.2. The van der Waals surface area contributed by atoms with E-state index in [4.69, 9.17) is 4.74 Å². The fourth-order valence-electron chi connectivity index (χ4n) is 5.59. The molecule has 1 aromatic carbocycles. The van der Waals surface area contributed by atoms with Gasteiger partial charge in [-0.3, -0.25) is 34.2 Å². The Morgan fingerprint density at radius 2 is 1.57 bits per heavy atom. The first-order valence-electron chi connectivity index (χ1n) is 12.5. The van der Waals surface area contributed by atoms with Gasteiger partial charge in [-0.2, -0.15) is 0 Å². The first-order chi connectivity index (χ1) is 16.9. The number of carbonyl (C=O) groups is 4. The maximum absolute atomic E-state index is 13.1. The fraction of sp³-hybridized carbons (Fsp3) is 0.600. The molecule has 0 radical (unpaired) electrons. The lowest BCUT2D eigenvalue weighted by atomic mass is 9.88. The molecule has 3 aliphatic rings. The molecule has 2 saturated carbocycles. The minimum atomic E-state index is -0.804. The topological polar surface area (TPSA) is 127 Å². The van der Waals surface area contributed by atoms with E-state index < -0.39 is 28.4 Å². The SMILES string of the molecule is O=C(CCN1C(=O)c2cccc([N+](=O)[O-])c2C1=O)OCC(=O)N(C1CCCCC1)C1CCCCC1. The van der Waals surface area contributed by atoms with Gasteiger partial charge < -0.3 is 9.64 Å². The van der Waals surface area contributed by atoms with E-state index in [0.29, 0.717) is 0 Å². The highest BCUT2D eigenvalue weighted by atomic mass is 16.6. The van der Waals surface area contributed by atoms with Gasteiger partial charge in [0.25, 0.3) is 23.4 Å². The van der Waals surface area contributed by atoms with Crippen LogP contribution in [0.5, 0.6) is 0 Å². The highest BCUT2D eigenvalue weighted by molar-refractivity contribution is 6.23. The van der Waals surface area contributed by atoms with E-state index in [2.05, 4.69) is 0 Å². The predicted molar refractivity (Wildman–Crippen MR) is 125 cm³/mol. The third-order valence-electron chi connectivity index (χ3n) is 7.29. The Kier molecular flexibility index (Phi) is 7.77. The predicted octanol–water partition coefficient (Wildman–Crippen LogP) is 3.62. The molecule has 0 aromatic heterocycles. The van der Waals surface area contributed by atoms with E-state index in [1.165, 1.54) is 25.0 Å². The second-order valence-corrected chi connectivity index (χ2v) is 9.51. The van der Waals surface area contributed by atoms with Crippen molar-refractivity contribution in [3.05, 3.63) is 39.4 Å². The van der Waals surface area contributed by atoms with Crippen molar-refractivity contribution in [1.29, 1.82) is 0 Å². The van der Waals surface area contributed by atoms with Crippen LogP contribution in [0.2, 0.25) is 0 Å². The second-order valence-electron chi connectivity index (χ2n) is 9.51. The molecular weight excluding hydrogens is 454 g/mol. The van der Waals surface area contributed by atoms with E-state index in [9.17, 15) is 29.3 Å². The Morgan fingerprint density at radius 3 is 2.14 bits per heavy atom. The Labute approximate surface area is 203 Å². The van der Waals surface area contributed by atoms with Crippen molar-refractivity contribution in [2.45, 2.75) is 82.7 Å². The second kappa shape index (κ2) is 11.0. The van der Waals surface area contributed by atoms with Gasteiger partial charge in [0.2, 0.25) is 0 Å². The van der Waals surface area contributed by atoms with Crippen molar-refractivity contribution < 1.29 is 28.8 Å². The van der Waals surface area contributed by atoms with Crippen LogP contribution in [0.3, 0.4) is 0 Å². The Morgan fingerprint density at radius 1 is 0.971 bits per heavy atom. The van der Waals surface area contributed by atoms with Crippen molar-refractivity contribution in [2.75, 3.05) is 13.2 Å². The summed E-state index contributed by atoms with van der Waals surface area (Å²) in [6, 6.07) is 4.23. The molecule has 0 unspecified atom stereocenters. The molecule has 35 heavy (non-hydrogen) atoms. The molecule has 0 N–H and O–H groups in total. The molecule has 4 rings (SSSR count). The number of nitrogens with zero attached hydrogens (tertiary/aromatic N) is 3. The summed E-state index contributed by atoms with van der Waals surface area (Å²) in [7, 11) is 0. The highest BCUT2D eigenvalue weighted by Crippen LogP contribution is 2.32. The van der Waals surface area contributed by atoms with E-state index in [-0.39, 0.29) is 48.7 Å². The van der Waals surface area contributed by atoms with E-state index in [1.54, 1.807) is 0 Å². The van der Waals surface area contributed by atoms with Crippen molar-refractivity contribution in [3.63, 3.8) is 0 Å². The summed E-state index contributed by atoms with van der Waals surface area (Å²) >= 11 is 0. The Balaban J connectivity index is 1.33. The molecule has 2 aliphatic carbocycles. The van der Waals surface area contributed by atoms with Gasteiger partial charge in [-0.25, -0.2) is 0 Å². The Hall–Kier alpha value is -3.30. The van der Waals surface area contributed by atoms with Crippen LogP contribution in [0, 0.1) is 10.1 Å². The third kappa shape index (κ3) is 5.36. The van der Waals surface area contributed by atoms with Crippen LogP contribution in [0.1, 0.15) is 91.3 Å². The van der Waals surface area contributed by atoms with Gasteiger partial charge in [0, 0.05) is 24.7 Å². The van der Waals surface area contributed by atoms with Crippen LogP contribution in [-0.2, 0) is 14.3 Å². The monoisotopic (exact) mass is 485 g/mol. The van der Waals surface area contributed by atoms with Crippen molar-refractivity contribution in [3.8, 4) is 0 Å². The maximum atomic E-state index is 13.1. The highest BCUT2D eigenvalue weighted by Gasteiger charge is 2.41. The molecule has 0 atom stereocenters. The number of benzene rings is 1. The first kappa shape index (κ1) is 24.8. The summed E-state index contributed by atoms with van der Waals surface area (Å²) in [6.07, 6.45) is 10.4. The van der Waals surface area contributed by atoms with Gasteiger partial charge in [-0.1, -0.05) is 44.6 Å². The molecule has 1 aliphatic heterocycles. The Bertz CT molecular complexity index is 994. The maximum Gasteiger partial charge on any atom is 0.308 e. The average molecular weight is 486 g/mol. The molecule has 2 fully saturated rings. The number of hydrogen-bond acceptors (Lipinski definition) is 7. The lowest BCUT2D eigenvalue weighted by Gasteiger charge is -2.41. The van der Waals surface area contributed by atoms with E-state index in [0.717, 1.165) is 62.3 Å². The molecule has 3 amide bonds.